The SMILES string of the molecule is CC1COC(CO)CN1C(=O)CSc1ccc(F)c(F)c1. The van der Waals surface area contributed by atoms with Crippen LogP contribution in [0.3, 0.4) is 0 Å². The molecule has 0 bridgehead atoms. The summed E-state index contributed by atoms with van der Waals surface area (Å²) in [6.07, 6.45) is -0.363. The lowest BCUT2D eigenvalue weighted by Crippen LogP contribution is -2.52. The molecule has 1 N–H and O–H groups in total. The van der Waals surface area contributed by atoms with E-state index >= 15 is 0 Å². The third-order valence-corrected chi connectivity index (χ3v) is 4.26. The topological polar surface area (TPSA) is 49.8 Å². The molecule has 7 heteroatoms. The first-order chi connectivity index (χ1) is 10.0. The fraction of sp³-hybridized carbons (Fsp3) is 0.500. The largest absolute Gasteiger partial charge is 0.394 e. The normalized spacial score (nSPS) is 22.4. The summed E-state index contributed by atoms with van der Waals surface area (Å²) in [6.45, 7) is 2.46. The van der Waals surface area contributed by atoms with Crippen LogP contribution in [0.25, 0.3) is 0 Å². The van der Waals surface area contributed by atoms with Crippen molar-refractivity contribution in [3.8, 4) is 0 Å². The molecule has 0 aromatic heterocycles. The second kappa shape index (κ2) is 7.20. The third kappa shape index (κ3) is 4.15. The van der Waals surface area contributed by atoms with Crippen LogP contribution in [0.1, 0.15) is 6.92 Å². The number of ether oxygens (including phenoxy) is 1. The van der Waals surface area contributed by atoms with Crippen molar-refractivity contribution in [2.45, 2.75) is 24.0 Å². The van der Waals surface area contributed by atoms with E-state index in [0.29, 0.717) is 18.0 Å². The third-order valence-electron chi connectivity index (χ3n) is 3.28. The van der Waals surface area contributed by atoms with Gasteiger partial charge in [0.1, 0.15) is 0 Å². The molecule has 2 atom stereocenters. The number of amides is 1. The molecule has 1 amide bonds. The minimum absolute atomic E-state index is 0.0640. The lowest BCUT2D eigenvalue weighted by atomic mass is 10.2. The molecule has 1 heterocycles. The highest BCUT2D eigenvalue weighted by atomic mass is 32.2. The Labute approximate surface area is 126 Å². The zero-order valence-corrected chi connectivity index (χ0v) is 12.4. The van der Waals surface area contributed by atoms with Gasteiger partial charge in [-0.2, -0.15) is 0 Å². The Hall–Kier alpha value is -1.18. The smallest absolute Gasteiger partial charge is 0.233 e. The van der Waals surface area contributed by atoms with Crippen LogP contribution in [-0.4, -0.2) is 53.6 Å². The molecule has 0 spiro atoms. The van der Waals surface area contributed by atoms with Crippen LogP contribution in [-0.2, 0) is 9.53 Å². The summed E-state index contributed by atoms with van der Waals surface area (Å²) < 4.78 is 31.3. The maximum Gasteiger partial charge on any atom is 0.233 e. The number of thioether (sulfide) groups is 1. The molecule has 1 aromatic carbocycles. The maximum absolute atomic E-state index is 13.1. The number of hydrogen-bond acceptors (Lipinski definition) is 4. The molecule has 116 valence electrons. The molecule has 1 aliphatic heterocycles. The summed E-state index contributed by atoms with van der Waals surface area (Å²) in [5.74, 6) is -1.81. The Morgan fingerprint density at radius 1 is 1.48 bits per heavy atom. The van der Waals surface area contributed by atoms with Gasteiger partial charge >= 0.3 is 0 Å². The Morgan fingerprint density at radius 3 is 2.90 bits per heavy atom. The molecule has 2 unspecified atom stereocenters. The quantitative estimate of drug-likeness (QED) is 0.858. The Kier molecular flexibility index (Phi) is 5.55. The van der Waals surface area contributed by atoms with Gasteiger partial charge in [0.15, 0.2) is 11.6 Å². The van der Waals surface area contributed by atoms with Crippen LogP contribution in [0.15, 0.2) is 23.1 Å². The fourth-order valence-electron chi connectivity index (χ4n) is 2.07. The van der Waals surface area contributed by atoms with Gasteiger partial charge in [-0.15, -0.1) is 11.8 Å². The standard InChI is InChI=1S/C14H17F2NO3S/c1-9-7-20-10(6-18)5-17(9)14(19)8-21-11-2-3-12(15)13(16)4-11/h2-4,9-10,18H,5-8H2,1H3. The number of hydrogen-bond donors (Lipinski definition) is 1. The van der Waals surface area contributed by atoms with Gasteiger partial charge in [-0.1, -0.05) is 0 Å². The first kappa shape index (κ1) is 16.2. The second-order valence-corrected chi connectivity index (χ2v) is 5.95. The van der Waals surface area contributed by atoms with Gasteiger partial charge in [0.05, 0.1) is 31.1 Å². The van der Waals surface area contributed by atoms with E-state index in [9.17, 15) is 13.6 Å². The summed E-state index contributed by atoms with van der Waals surface area (Å²) >= 11 is 1.15. The molecule has 1 aromatic rings. The number of morpholine rings is 1. The van der Waals surface area contributed by atoms with Crippen molar-refractivity contribution in [2.75, 3.05) is 25.5 Å². The maximum atomic E-state index is 13.1. The van der Waals surface area contributed by atoms with Gasteiger partial charge in [-0.3, -0.25) is 4.79 Å². The summed E-state index contributed by atoms with van der Waals surface area (Å²) in [5.41, 5.74) is 0. The van der Waals surface area contributed by atoms with Crippen LogP contribution in [0.5, 0.6) is 0 Å². The predicted octanol–water partition coefficient (Wildman–Crippen LogP) is 1.67. The number of aliphatic hydroxyl groups excluding tert-OH is 1. The highest BCUT2D eigenvalue weighted by Gasteiger charge is 2.29. The lowest BCUT2D eigenvalue weighted by molar-refractivity contribution is -0.143. The lowest BCUT2D eigenvalue weighted by Gasteiger charge is -2.37. The molecular formula is C14H17F2NO3S. The first-order valence-electron chi connectivity index (χ1n) is 6.61. The average Bonchev–Trinajstić information content (AvgIpc) is 2.48. The van der Waals surface area contributed by atoms with Crippen LogP contribution in [0, 0.1) is 11.6 Å². The molecule has 2 rings (SSSR count). The summed E-state index contributed by atoms with van der Waals surface area (Å²) in [6, 6.07) is 3.49. The van der Waals surface area contributed by atoms with Crippen molar-refractivity contribution in [3.05, 3.63) is 29.8 Å². The molecule has 0 radical (unpaired) electrons. The van der Waals surface area contributed by atoms with Gasteiger partial charge in [-0.05, 0) is 25.1 Å². The molecule has 0 saturated carbocycles. The van der Waals surface area contributed by atoms with E-state index in [1.807, 2.05) is 6.92 Å². The van der Waals surface area contributed by atoms with Gasteiger partial charge in [0.2, 0.25) is 5.91 Å². The number of carbonyl (C=O) groups is 1. The zero-order chi connectivity index (χ0) is 15.4. The second-order valence-electron chi connectivity index (χ2n) is 4.90. The van der Waals surface area contributed by atoms with E-state index in [-0.39, 0.29) is 30.4 Å². The number of halogens is 2. The van der Waals surface area contributed by atoms with E-state index in [1.165, 1.54) is 6.07 Å². The molecular weight excluding hydrogens is 300 g/mol. The van der Waals surface area contributed by atoms with E-state index in [2.05, 4.69) is 0 Å². The van der Waals surface area contributed by atoms with Gasteiger partial charge in [0, 0.05) is 11.4 Å². The summed E-state index contributed by atoms with van der Waals surface area (Å²) in [7, 11) is 0. The predicted molar refractivity (Wildman–Crippen MR) is 75.1 cm³/mol. The highest BCUT2D eigenvalue weighted by molar-refractivity contribution is 8.00. The van der Waals surface area contributed by atoms with Gasteiger partial charge in [0.25, 0.3) is 0 Å². The number of aliphatic hydroxyl groups is 1. The molecule has 1 aliphatic rings. The Bertz CT molecular complexity index is 515. The minimum Gasteiger partial charge on any atom is -0.394 e. The van der Waals surface area contributed by atoms with Crippen molar-refractivity contribution in [1.82, 2.24) is 4.90 Å². The van der Waals surface area contributed by atoms with E-state index in [0.717, 1.165) is 23.9 Å². The van der Waals surface area contributed by atoms with E-state index in [1.54, 1.807) is 4.90 Å². The Morgan fingerprint density at radius 2 is 2.24 bits per heavy atom. The van der Waals surface area contributed by atoms with Crippen LogP contribution >= 0.6 is 11.8 Å². The van der Waals surface area contributed by atoms with Crippen molar-refractivity contribution < 1.29 is 23.4 Å². The number of rotatable bonds is 4. The molecule has 1 saturated heterocycles. The molecule has 1 fully saturated rings. The van der Waals surface area contributed by atoms with Crippen LogP contribution in [0.2, 0.25) is 0 Å². The number of carbonyl (C=O) groups excluding carboxylic acids is 1. The number of benzene rings is 1. The van der Waals surface area contributed by atoms with E-state index < -0.39 is 11.6 Å². The first-order valence-corrected chi connectivity index (χ1v) is 7.59. The summed E-state index contributed by atoms with van der Waals surface area (Å²) in [5, 5.41) is 9.10. The minimum atomic E-state index is -0.924. The number of nitrogens with zero attached hydrogens (tertiary/aromatic N) is 1. The monoisotopic (exact) mass is 317 g/mol. The molecule has 0 aliphatic carbocycles. The van der Waals surface area contributed by atoms with Crippen LogP contribution in [0.4, 0.5) is 8.78 Å². The van der Waals surface area contributed by atoms with Crippen molar-refractivity contribution >= 4 is 17.7 Å². The van der Waals surface area contributed by atoms with Crippen molar-refractivity contribution in [1.29, 1.82) is 0 Å². The Balaban J connectivity index is 1.92. The molecule has 4 nitrogen and oxygen atoms in total. The van der Waals surface area contributed by atoms with E-state index in [4.69, 9.17) is 9.84 Å². The fourth-order valence-corrected chi connectivity index (χ4v) is 2.88. The van der Waals surface area contributed by atoms with Crippen LogP contribution < -0.4 is 0 Å². The molecule has 21 heavy (non-hydrogen) atoms. The zero-order valence-electron chi connectivity index (χ0n) is 11.6. The summed E-state index contributed by atoms with van der Waals surface area (Å²) in [4.78, 5) is 14.3. The van der Waals surface area contributed by atoms with Crippen molar-refractivity contribution in [3.63, 3.8) is 0 Å². The highest BCUT2D eigenvalue weighted by Crippen LogP contribution is 2.22. The van der Waals surface area contributed by atoms with Crippen molar-refractivity contribution in [2.24, 2.45) is 0 Å². The average molecular weight is 317 g/mol. The van der Waals surface area contributed by atoms with Gasteiger partial charge < -0.3 is 14.7 Å². The van der Waals surface area contributed by atoms with Gasteiger partial charge in [-0.25, -0.2) is 8.78 Å².